The van der Waals surface area contributed by atoms with E-state index in [0.29, 0.717) is 17.5 Å². The molecule has 61 heavy (non-hydrogen) atoms. The lowest BCUT2D eigenvalue weighted by atomic mass is 9.95. The average Bonchev–Trinajstić information content (AvgIpc) is 4.01. The van der Waals surface area contributed by atoms with Gasteiger partial charge in [0.05, 0.1) is 21.4 Å². The van der Waals surface area contributed by atoms with Crippen LogP contribution in [0.4, 0.5) is 0 Å². The highest BCUT2D eigenvalue weighted by molar-refractivity contribution is 7.26. The average molecular weight is 797 g/mol. The second-order valence-electron chi connectivity index (χ2n) is 15.5. The van der Waals surface area contributed by atoms with Gasteiger partial charge < -0.3 is 8.98 Å². The van der Waals surface area contributed by atoms with Crippen molar-refractivity contribution in [1.29, 1.82) is 0 Å². The largest absolute Gasteiger partial charge is 0.456 e. The molecule has 13 rings (SSSR count). The first-order chi connectivity index (χ1) is 30.2. The number of fused-ring (bicyclic) bond motifs is 11. The topological polar surface area (TPSA) is 56.7 Å². The molecule has 0 N–H and O–H groups in total. The van der Waals surface area contributed by atoms with E-state index >= 15 is 0 Å². The van der Waals surface area contributed by atoms with Crippen LogP contribution in [-0.4, -0.2) is 19.5 Å². The van der Waals surface area contributed by atoms with E-state index in [-0.39, 0.29) is 0 Å². The van der Waals surface area contributed by atoms with Gasteiger partial charge in [-0.05, 0) is 58.3 Å². The van der Waals surface area contributed by atoms with Crippen molar-refractivity contribution in [1.82, 2.24) is 19.5 Å². The standard InChI is InChI=1S/C55H32N4OS/c1-3-15-33(16-4-1)43-32-46-50(38-20-8-7-19-36(38)43)40-21-9-11-25-44(40)59(46)45-26-13-23-39-37-30-29-35(31-49(37)61-52(39)45)54-56-53(34-17-5-2-6-18-34)57-55(58-54)42-24-14-28-48-51(42)41-22-10-12-27-47(41)60-48/h1-32H. The van der Waals surface area contributed by atoms with Crippen LogP contribution in [0.2, 0.25) is 0 Å². The Balaban J connectivity index is 1.03. The predicted molar refractivity (Wildman–Crippen MR) is 254 cm³/mol. The lowest BCUT2D eigenvalue weighted by Crippen LogP contribution is -2.00. The number of benzene rings is 9. The summed E-state index contributed by atoms with van der Waals surface area (Å²) in [6.45, 7) is 0. The summed E-state index contributed by atoms with van der Waals surface area (Å²) >= 11 is 1.82. The van der Waals surface area contributed by atoms with Gasteiger partial charge in [0.2, 0.25) is 0 Å². The molecule has 0 unspecified atom stereocenters. The second kappa shape index (κ2) is 13.3. The summed E-state index contributed by atoms with van der Waals surface area (Å²) in [5.41, 5.74) is 10.4. The highest BCUT2D eigenvalue weighted by Crippen LogP contribution is 2.45. The smallest absolute Gasteiger partial charge is 0.164 e. The van der Waals surface area contributed by atoms with Gasteiger partial charge in [-0.2, -0.15) is 0 Å². The van der Waals surface area contributed by atoms with Gasteiger partial charge >= 0.3 is 0 Å². The third-order valence-corrected chi connectivity index (χ3v) is 13.2. The van der Waals surface area contributed by atoms with Gasteiger partial charge in [-0.25, -0.2) is 15.0 Å². The Morgan fingerprint density at radius 2 is 1.02 bits per heavy atom. The number of rotatable bonds is 5. The van der Waals surface area contributed by atoms with E-state index in [1.54, 1.807) is 0 Å². The van der Waals surface area contributed by atoms with E-state index in [4.69, 9.17) is 19.4 Å². The molecule has 0 aliphatic heterocycles. The molecule has 0 bridgehead atoms. The first kappa shape index (κ1) is 34.0. The zero-order chi connectivity index (χ0) is 40.0. The van der Waals surface area contributed by atoms with Crippen molar-refractivity contribution in [2.45, 2.75) is 0 Å². The van der Waals surface area contributed by atoms with Gasteiger partial charge in [-0.1, -0.05) is 158 Å². The molecule has 9 aromatic carbocycles. The molecule has 0 aliphatic rings. The highest BCUT2D eigenvalue weighted by Gasteiger charge is 2.22. The molecule has 4 aromatic heterocycles. The molecule has 0 fully saturated rings. The van der Waals surface area contributed by atoms with Gasteiger partial charge in [0.25, 0.3) is 0 Å². The van der Waals surface area contributed by atoms with Crippen molar-refractivity contribution in [3.63, 3.8) is 0 Å². The molecule has 6 heteroatoms. The molecule has 4 heterocycles. The normalized spacial score (nSPS) is 11.9. The van der Waals surface area contributed by atoms with Gasteiger partial charge in [-0.3, -0.25) is 0 Å². The van der Waals surface area contributed by atoms with Crippen LogP contribution in [0.1, 0.15) is 0 Å². The van der Waals surface area contributed by atoms with Crippen LogP contribution in [0.25, 0.3) is 126 Å². The van der Waals surface area contributed by atoms with E-state index in [0.717, 1.165) is 44.3 Å². The summed E-state index contributed by atoms with van der Waals surface area (Å²) in [5, 5.41) is 9.47. The molecule has 13 aromatic rings. The van der Waals surface area contributed by atoms with Crippen LogP contribution in [0.5, 0.6) is 0 Å². The highest BCUT2D eigenvalue weighted by atomic mass is 32.1. The lowest BCUT2D eigenvalue weighted by molar-refractivity contribution is 0.669. The number of hydrogen-bond acceptors (Lipinski definition) is 5. The SMILES string of the molecule is c1ccc(-c2nc(-c3ccc4c(c3)sc3c(-n5c6ccccc6c6c7ccccc7c(-c7ccccc7)cc65)cccc34)nc(-c3cccc4oc5ccccc5c34)n2)cc1. The summed E-state index contributed by atoms with van der Waals surface area (Å²) in [4.78, 5) is 15.5. The van der Waals surface area contributed by atoms with Crippen LogP contribution >= 0.6 is 11.3 Å². The van der Waals surface area contributed by atoms with E-state index in [2.05, 4.69) is 138 Å². The van der Waals surface area contributed by atoms with Gasteiger partial charge in [0.1, 0.15) is 11.2 Å². The van der Waals surface area contributed by atoms with E-state index < -0.39 is 0 Å². The van der Waals surface area contributed by atoms with Crippen LogP contribution in [0.15, 0.2) is 199 Å². The Labute approximate surface area is 353 Å². The number of para-hydroxylation sites is 2. The third-order valence-electron chi connectivity index (χ3n) is 12.1. The number of thiophene rings is 1. The van der Waals surface area contributed by atoms with Gasteiger partial charge in [0.15, 0.2) is 17.5 Å². The summed E-state index contributed by atoms with van der Waals surface area (Å²) in [6.07, 6.45) is 0. The fourth-order valence-electron chi connectivity index (χ4n) is 9.35. The maximum atomic E-state index is 6.28. The van der Waals surface area contributed by atoms with Gasteiger partial charge in [-0.15, -0.1) is 11.3 Å². The molecule has 0 saturated carbocycles. The molecule has 0 amide bonds. The van der Waals surface area contributed by atoms with Crippen molar-refractivity contribution in [3.05, 3.63) is 194 Å². The van der Waals surface area contributed by atoms with Crippen LogP contribution in [0.3, 0.4) is 0 Å². The number of hydrogen-bond donors (Lipinski definition) is 0. The van der Waals surface area contributed by atoms with Crippen LogP contribution in [-0.2, 0) is 0 Å². The van der Waals surface area contributed by atoms with Crippen molar-refractivity contribution in [2.75, 3.05) is 0 Å². The third kappa shape index (κ3) is 5.22. The van der Waals surface area contributed by atoms with E-state index in [9.17, 15) is 0 Å². The first-order valence-electron chi connectivity index (χ1n) is 20.4. The van der Waals surface area contributed by atoms with Crippen LogP contribution < -0.4 is 0 Å². The summed E-state index contributed by atoms with van der Waals surface area (Å²) in [5.74, 6) is 1.85. The first-order valence-corrected chi connectivity index (χ1v) is 21.3. The second-order valence-corrected chi connectivity index (χ2v) is 16.6. The summed E-state index contributed by atoms with van der Waals surface area (Å²) in [7, 11) is 0. The Hall–Kier alpha value is -7.93. The molecule has 0 saturated heterocycles. The lowest BCUT2D eigenvalue weighted by Gasteiger charge is -2.13. The summed E-state index contributed by atoms with van der Waals surface area (Å²) < 4.78 is 11.2. The van der Waals surface area contributed by atoms with E-state index in [1.807, 2.05) is 72.0 Å². The Bertz CT molecular complexity index is 3880. The zero-order valence-electron chi connectivity index (χ0n) is 32.6. The van der Waals surface area contributed by atoms with Crippen molar-refractivity contribution in [3.8, 4) is 51.0 Å². The molecular formula is C55H32N4OS. The minimum absolute atomic E-state index is 0.605. The maximum Gasteiger partial charge on any atom is 0.164 e. The quantitative estimate of drug-likeness (QED) is 0.174. The van der Waals surface area contributed by atoms with Crippen molar-refractivity contribution in [2.24, 2.45) is 0 Å². The molecule has 284 valence electrons. The maximum absolute atomic E-state index is 6.28. The van der Waals surface area contributed by atoms with E-state index in [1.165, 1.54) is 63.9 Å². The van der Waals surface area contributed by atoms with Gasteiger partial charge in [0, 0.05) is 53.7 Å². The zero-order valence-corrected chi connectivity index (χ0v) is 33.4. The van der Waals surface area contributed by atoms with Crippen molar-refractivity contribution >= 4 is 86.0 Å². The molecule has 0 aliphatic carbocycles. The predicted octanol–water partition coefficient (Wildman–Crippen LogP) is 15.1. The molecule has 0 atom stereocenters. The minimum atomic E-state index is 0.605. The Kier molecular flexibility index (Phi) is 7.41. The minimum Gasteiger partial charge on any atom is -0.456 e. The number of furan rings is 1. The Morgan fingerprint density at radius 1 is 0.377 bits per heavy atom. The van der Waals surface area contributed by atoms with Crippen LogP contribution in [0, 0.1) is 0 Å². The van der Waals surface area contributed by atoms with Crippen molar-refractivity contribution < 1.29 is 4.42 Å². The summed E-state index contributed by atoms with van der Waals surface area (Å²) in [6, 6.07) is 68.5. The molecule has 0 spiro atoms. The fraction of sp³-hybridized carbons (Fsp3) is 0. The monoisotopic (exact) mass is 796 g/mol. The molecule has 0 radical (unpaired) electrons. The molecular weight excluding hydrogens is 765 g/mol. The molecule has 5 nitrogen and oxygen atoms in total. The number of nitrogens with zero attached hydrogens (tertiary/aromatic N) is 4. The Morgan fingerprint density at radius 3 is 1.85 bits per heavy atom. The number of aromatic nitrogens is 4. The fourth-order valence-corrected chi connectivity index (χ4v) is 10.6.